The number of hydrogen-bond donors (Lipinski definition) is 1. The first kappa shape index (κ1) is 18.7. The molecule has 2 amide bonds. The van der Waals surface area contributed by atoms with Gasteiger partial charge in [0.15, 0.2) is 5.01 Å². The number of likely N-dealkylation sites (tertiary alicyclic amines) is 1. The summed E-state index contributed by atoms with van der Waals surface area (Å²) in [5.74, 6) is -1.05. The second-order valence-electron chi connectivity index (χ2n) is 7.51. The van der Waals surface area contributed by atoms with Crippen LogP contribution in [0.4, 0.5) is 13.6 Å². The fourth-order valence-corrected chi connectivity index (χ4v) is 3.94. The molecular weight excluding hydrogens is 358 g/mol. The van der Waals surface area contributed by atoms with Crippen LogP contribution in [0.25, 0.3) is 10.6 Å². The molecule has 1 aromatic heterocycles. The number of amides is 2. The Balaban J connectivity index is 1.64. The molecule has 0 bridgehead atoms. The van der Waals surface area contributed by atoms with Gasteiger partial charge < -0.3 is 10.2 Å². The summed E-state index contributed by atoms with van der Waals surface area (Å²) in [5.41, 5.74) is -0.00137. The zero-order valence-electron chi connectivity index (χ0n) is 15.1. The zero-order valence-corrected chi connectivity index (χ0v) is 15.9. The van der Waals surface area contributed by atoms with Gasteiger partial charge in [0.1, 0.15) is 16.6 Å². The van der Waals surface area contributed by atoms with Crippen LogP contribution in [0, 0.1) is 11.6 Å². The minimum atomic E-state index is -0.638. The van der Waals surface area contributed by atoms with E-state index in [1.54, 1.807) is 0 Å². The molecule has 140 valence electrons. The third-order valence-corrected chi connectivity index (χ3v) is 5.33. The Kier molecular flexibility index (Phi) is 5.22. The van der Waals surface area contributed by atoms with Gasteiger partial charge in [-0.25, -0.2) is 13.6 Å². The van der Waals surface area contributed by atoms with Crippen LogP contribution in [0.1, 0.15) is 44.5 Å². The van der Waals surface area contributed by atoms with Crippen LogP contribution in [-0.2, 0) is 0 Å². The lowest BCUT2D eigenvalue weighted by molar-refractivity contribution is 0.173. The largest absolute Gasteiger partial charge is 0.333 e. The van der Waals surface area contributed by atoms with E-state index >= 15 is 0 Å². The summed E-state index contributed by atoms with van der Waals surface area (Å²) in [5, 5.41) is 12.5. The first-order valence-electron chi connectivity index (χ1n) is 8.59. The smallest absolute Gasteiger partial charge is 0.317 e. The van der Waals surface area contributed by atoms with Crippen LogP contribution in [0.2, 0.25) is 0 Å². The Morgan fingerprint density at radius 2 is 1.92 bits per heavy atom. The summed E-state index contributed by atoms with van der Waals surface area (Å²) in [6.45, 7) is 7.15. The molecule has 8 heteroatoms. The SMILES string of the molecule is CC(C)(C)NC(=O)N1CCC(c2nnc(-c3ccc(F)cc3F)s2)CC1. The number of nitrogens with zero attached hydrogens (tertiary/aromatic N) is 3. The highest BCUT2D eigenvalue weighted by molar-refractivity contribution is 7.14. The third kappa shape index (κ3) is 4.35. The van der Waals surface area contributed by atoms with Gasteiger partial charge in [0, 0.05) is 36.2 Å². The van der Waals surface area contributed by atoms with Gasteiger partial charge in [-0.05, 0) is 45.7 Å². The molecule has 1 aliphatic heterocycles. The molecule has 1 aromatic carbocycles. The standard InChI is InChI=1S/C18H22F2N4OS/c1-18(2,3)21-17(25)24-8-6-11(7-9-24)15-22-23-16(26-15)13-5-4-12(19)10-14(13)20/h4-5,10-11H,6-9H2,1-3H3,(H,21,25). The van der Waals surface area contributed by atoms with Crippen molar-refractivity contribution in [2.24, 2.45) is 0 Å². The maximum Gasteiger partial charge on any atom is 0.317 e. The van der Waals surface area contributed by atoms with Crippen LogP contribution in [0.5, 0.6) is 0 Å². The molecular formula is C18H22F2N4OS. The maximum atomic E-state index is 13.9. The highest BCUT2D eigenvalue weighted by atomic mass is 32.1. The second-order valence-corrected chi connectivity index (χ2v) is 8.52. The van der Waals surface area contributed by atoms with Crippen molar-refractivity contribution < 1.29 is 13.6 Å². The molecule has 2 aromatic rings. The highest BCUT2D eigenvalue weighted by Crippen LogP contribution is 2.34. The van der Waals surface area contributed by atoms with Crippen LogP contribution >= 0.6 is 11.3 Å². The third-order valence-electron chi connectivity index (χ3n) is 4.22. The number of benzene rings is 1. The van der Waals surface area contributed by atoms with Gasteiger partial charge in [-0.3, -0.25) is 0 Å². The Morgan fingerprint density at radius 3 is 2.54 bits per heavy atom. The average Bonchev–Trinajstić information content (AvgIpc) is 3.03. The molecule has 1 aliphatic rings. The van der Waals surface area contributed by atoms with Crippen molar-refractivity contribution in [2.45, 2.75) is 45.1 Å². The lowest BCUT2D eigenvalue weighted by atomic mass is 9.98. The van der Waals surface area contributed by atoms with Crippen molar-refractivity contribution in [2.75, 3.05) is 13.1 Å². The van der Waals surface area contributed by atoms with Gasteiger partial charge in [0.25, 0.3) is 0 Å². The Bertz CT molecular complexity index is 795. The van der Waals surface area contributed by atoms with Gasteiger partial charge in [-0.15, -0.1) is 10.2 Å². The summed E-state index contributed by atoms with van der Waals surface area (Å²) >= 11 is 1.33. The van der Waals surface area contributed by atoms with E-state index in [2.05, 4.69) is 15.5 Å². The number of rotatable bonds is 2. The molecule has 1 N–H and O–H groups in total. The fraction of sp³-hybridized carbons (Fsp3) is 0.500. The first-order chi connectivity index (χ1) is 12.2. The van der Waals surface area contributed by atoms with Gasteiger partial charge in [0.2, 0.25) is 0 Å². The van der Waals surface area contributed by atoms with E-state index in [1.165, 1.54) is 23.5 Å². The normalized spacial score (nSPS) is 16.0. The van der Waals surface area contributed by atoms with E-state index in [4.69, 9.17) is 0 Å². The van der Waals surface area contributed by atoms with Gasteiger partial charge in [-0.2, -0.15) is 0 Å². The Labute approximate surface area is 155 Å². The van der Waals surface area contributed by atoms with Crippen molar-refractivity contribution in [1.82, 2.24) is 20.4 Å². The predicted octanol–water partition coefficient (Wildman–Crippen LogP) is 4.17. The molecule has 0 unspecified atom stereocenters. The zero-order chi connectivity index (χ0) is 18.9. The van der Waals surface area contributed by atoms with E-state index in [0.29, 0.717) is 18.1 Å². The van der Waals surface area contributed by atoms with Crippen LogP contribution in [0.15, 0.2) is 18.2 Å². The number of aromatic nitrogens is 2. The number of hydrogen-bond acceptors (Lipinski definition) is 4. The van der Waals surface area contributed by atoms with E-state index < -0.39 is 11.6 Å². The number of nitrogens with one attached hydrogen (secondary N) is 1. The Morgan fingerprint density at radius 1 is 1.23 bits per heavy atom. The molecule has 0 aliphatic carbocycles. The summed E-state index contributed by atoms with van der Waals surface area (Å²) in [7, 11) is 0. The molecule has 0 spiro atoms. The molecule has 2 heterocycles. The minimum Gasteiger partial charge on any atom is -0.333 e. The van der Waals surface area contributed by atoms with Crippen molar-refractivity contribution in [3.8, 4) is 10.6 Å². The van der Waals surface area contributed by atoms with Crippen molar-refractivity contribution in [3.63, 3.8) is 0 Å². The lowest BCUT2D eigenvalue weighted by Crippen LogP contribution is -2.50. The topological polar surface area (TPSA) is 58.1 Å². The van der Waals surface area contributed by atoms with Crippen molar-refractivity contribution in [3.05, 3.63) is 34.8 Å². The van der Waals surface area contributed by atoms with Crippen molar-refractivity contribution in [1.29, 1.82) is 0 Å². The average molecular weight is 380 g/mol. The van der Waals surface area contributed by atoms with E-state index in [0.717, 1.165) is 23.9 Å². The van der Waals surface area contributed by atoms with E-state index in [-0.39, 0.29) is 23.1 Å². The minimum absolute atomic E-state index is 0.0534. The van der Waals surface area contributed by atoms with Crippen LogP contribution < -0.4 is 5.32 Å². The number of halogens is 2. The molecule has 0 radical (unpaired) electrons. The highest BCUT2D eigenvalue weighted by Gasteiger charge is 2.28. The lowest BCUT2D eigenvalue weighted by Gasteiger charge is -2.33. The summed E-state index contributed by atoms with van der Waals surface area (Å²) in [4.78, 5) is 14.0. The Hall–Kier alpha value is -2.09. The molecule has 3 rings (SSSR count). The molecule has 0 saturated carbocycles. The molecule has 26 heavy (non-hydrogen) atoms. The van der Waals surface area contributed by atoms with Gasteiger partial charge >= 0.3 is 6.03 Å². The molecule has 1 saturated heterocycles. The summed E-state index contributed by atoms with van der Waals surface area (Å²) in [6, 6.07) is 3.39. The van der Waals surface area contributed by atoms with Crippen LogP contribution in [-0.4, -0.2) is 39.8 Å². The number of urea groups is 1. The first-order valence-corrected chi connectivity index (χ1v) is 9.40. The van der Waals surface area contributed by atoms with Gasteiger partial charge in [-0.1, -0.05) is 11.3 Å². The molecule has 1 fully saturated rings. The maximum absolute atomic E-state index is 13.9. The fourth-order valence-electron chi connectivity index (χ4n) is 2.90. The van der Waals surface area contributed by atoms with Crippen LogP contribution in [0.3, 0.4) is 0 Å². The number of carbonyl (C=O) groups excluding carboxylic acids is 1. The van der Waals surface area contributed by atoms with Gasteiger partial charge in [0.05, 0.1) is 0 Å². The quantitative estimate of drug-likeness (QED) is 0.851. The summed E-state index contributed by atoms with van der Waals surface area (Å²) < 4.78 is 27.0. The molecule has 5 nitrogen and oxygen atoms in total. The number of piperidine rings is 1. The number of carbonyl (C=O) groups is 1. The molecule has 0 atom stereocenters. The monoisotopic (exact) mass is 380 g/mol. The second kappa shape index (κ2) is 7.26. The van der Waals surface area contributed by atoms with Crippen molar-refractivity contribution >= 4 is 17.4 Å². The van der Waals surface area contributed by atoms with E-state index in [1.807, 2.05) is 25.7 Å². The van der Waals surface area contributed by atoms with E-state index in [9.17, 15) is 13.6 Å². The summed E-state index contributed by atoms with van der Waals surface area (Å²) in [6.07, 6.45) is 1.58. The predicted molar refractivity (Wildman–Crippen MR) is 97.1 cm³/mol.